The van der Waals surface area contributed by atoms with E-state index in [1.54, 1.807) is 4.68 Å². The standard InChI is InChI=1S/C8H11BrN2O/c1-3-11-7(8(12)5-9)4-6(2)10-11/h4H,3,5H2,1-2H3. The Morgan fingerprint density at radius 1 is 1.75 bits per heavy atom. The fourth-order valence-electron chi connectivity index (χ4n) is 1.08. The molecule has 0 saturated carbocycles. The third-order valence-corrected chi connectivity index (χ3v) is 2.12. The molecular formula is C8H11BrN2O. The Kier molecular flexibility index (Phi) is 3.03. The van der Waals surface area contributed by atoms with Gasteiger partial charge in [-0.1, -0.05) is 15.9 Å². The number of aryl methyl sites for hydroxylation is 2. The van der Waals surface area contributed by atoms with Gasteiger partial charge in [0.2, 0.25) is 0 Å². The lowest BCUT2D eigenvalue weighted by Crippen LogP contribution is -2.09. The minimum absolute atomic E-state index is 0.0810. The fourth-order valence-corrected chi connectivity index (χ4v) is 1.37. The van der Waals surface area contributed by atoms with Gasteiger partial charge in [0.05, 0.1) is 11.0 Å². The molecule has 12 heavy (non-hydrogen) atoms. The maximum atomic E-state index is 11.3. The molecule has 0 aliphatic heterocycles. The Balaban J connectivity index is 3.04. The van der Waals surface area contributed by atoms with E-state index >= 15 is 0 Å². The molecule has 0 aromatic carbocycles. The SMILES string of the molecule is CCn1nc(C)cc1C(=O)CBr. The second kappa shape index (κ2) is 3.85. The third kappa shape index (κ3) is 1.75. The van der Waals surface area contributed by atoms with Crippen LogP contribution >= 0.6 is 15.9 Å². The molecule has 1 aromatic heterocycles. The van der Waals surface area contributed by atoms with Crippen molar-refractivity contribution in [3.63, 3.8) is 0 Å². The summed E-state index contributed by atoms with van der Waals surface area (Å²) in [6.07, 6.45) is 0. The number of carbonyl (C=O) groups excluding carboxylic acids is 1. The number of nitrogens with zero attached hydrogens (tertiary/aromatic N) is 2. The Morgan fingerprint density at radius 3 is 2.92 bits per heavy atom. The van der Waals surface area contributed by atoms with Crippen LogP contribution in [0.25, 0.3) is 0 Å². The topological polar surface area (TPSA) is 34.9 Å². The lowest BCUT2D eigenvalue weighted by Gasteiger charge is -1.99. The normalized spacial score (nSPS) is 10.2. The first kappa shape index (κ1) is 9.45. The van der Waals surface area contributed by atoms with Crippen LogP contribution in [0.3, 0.4) is 0 Å². The largest absolute Gasteiger partial charge is 0.292 e. The quantitative estimate of drug-likeness (QED) is 0.587. The fraction of sp³-hybridized carbons (Fsp3) is 0.500. The zero-order valence-electron chi connectivity index (χ0n) is 7.17. The molecule has 4 heteroatoms. The Labute approximate surface area is 79.9 Å². The number of ketones is 1. The minimum Gasteiger partial charge on any atom is -0.292 e. The molecular weight excluding hydrogens is 220 g/mol. The molecule has 1 aromatic rings. The Morgan fingerprint density at radius 2 is 2.42 bits per heavy atom. The average molecular weight is 231 g/mol. The molecule has 1 rings (SSSR count). The summed E-state index contributed by atoms with van der Waals surface area (Å²) in [5.41, 5.74) is 1.58. The van der Waals surface area contributed by atoms with E-state index in [1.807, 2.05) is 19.9 Å². The number of aromatic nitrogens is 2. The second-order valence-corrected chi connectivity index (χ2v) is 3.10. The first-order valence-corrected chi connectivity index (χ1v) is 4.94. The van der Waals surface area contributed by atoms with E-state index in [2.05, 4.69) is 21.0 Å². The molecule has 0 radical (unpaired) electrons. The summed E-state index contributed by atoms with van der Waals surface area (Å²) in [6.45, 7) is 4.59. The van der Waals surface area contributed by atoms with Crippen LogP contribution in [-0.2, 0) is 6.54 Å². The van der Waals surface area contributed by atoms with Gasteiger partial charge < -0.3 is 0 Å². The van der Waals surface area contributed by atoms with Crippen molar-refractivity contribution in [1.29, 1.82) is 0 Å². The number of Topliss-reactive ketones (excluding diaryl/α,β-unsaturated/α-hetero) is 1. The van der Waals surface area contributed by atoms with Crippen molar-refractivity contribution < 1.29 is 4.79 Å². The van der Waals surface area contributed by atoms with Crippen LogP contribution < -0.4 is 0 Å². The van der Waals surface area contributed by atoms with Crippen LogP contribution in [0.5, 0.6) is 0 Å². The van der Waals surface area contributed by atoms with Gasteiger partial charge in [-0.2, -0.15) is 5.10 Å². The average Bonchev–Trinajstić information content (AvgIpc) is 2.45. The van der Waals surface area contributed by atoms with Gasteiger partial charge in [0.1, 0.15) is 5.69 Å². The first-order valence-electron chi connectivity index (χ1n) is 3.82. The predicted octanol–water partition coefficient (Wildman–Crippen LogP) is 1.79. The van der Waals surface area contributed by atoms with Crippen LogP contribution in [0.1, 0.15) is 23.1 Å². The van der Waals surface area contributed by atoms with Gasteiger partial charge in [0.15, 0.2) is 5.78 Å². The molecule has 0 bridgehead atoms. The summed E-state index contributed by atoms with van der Waals surface area (Å²) in [7, 11) is 0. The van der Waals surface area contributed by atoms with Crippen molar-refractivity contribution in [2.75, 3.05) is 5.33 Å². The highest BCUT2D eigenvalue weighted by Gasteiger charge is 2.10. The summed E-state index contributed by atoms with van der Waals surface area (Å²) >= 11 is 3.13. The summed E-state index contributed by atoms with van der Waals surface area (Å²) in [5.74, 6) is 0.0810. The van der Waals surface area contributed by atoms with Crippen LogP contribution in [0.15, 0.2) is 6.07 Å². The van der Waals surface area contributed by atoms with Crippen molar-refractivity contribution in [3.8, 4) is 0 Å². The maximum absolute atomic E-state index is 11.3. The molecule has 1 heterocycles. The van der Waals surface area contributed by atoms with E-state index in [4.69, 9.17) is 0 Å². The molecule has 0 saturated heterocycles. The van der Waals surface area contributed by atoms with E-state index in [0.717, 1.165) is 12.2 Å². The highest BCUT2D eigenvalue weighted by atomic mass is 79.9. The van der Waals surface area contributed by atoms with Crippen molar-refractivity contribution in [2.24, 2.45) is 0 Å². The van der Waals surface area contributed by atoms with E-state index in [1.165, 1.54) is 0 Å². The maximum Gasteiger partial charge on any atom is 0.191 e. The molecule has 0 aliphatic rings. The van der Waals surface area contributed by atoms with Gasteiger partial charge in [-0.15, -0.1) is 0 Å². The van der Waals surface area contributed by atoms with Crippen molar-refractivity contribution >= 4 is 21.7 Å². The van der Waals surface area contributed by atoms with Crippen molar-refractivity contribution in [3.05, 3.63) is 17.5 Å². The molecule has 0 amide bonds. The minimum atomic E-state index is 0.0810. The van der Waals surface area contributed by atoms with Gasteiger partial charge in [-0.25, -0.2) is 0 Å². The van der Waals surface area contributed by atoms with Gasteiger partial charge in [-0.3, -0.25) is 9.48 Å². The molecule has 0 unspecified atom stereocenters. The summed E-state index contributed by atoms with van der Waals surface area (Å²) in [5, 5.41) is 4.53. The number of alkyl halides is 1. The van der Waals surface area contributed by atoms with E-state index in [0.29, 0.717) is 11.0 Å². The van der Waals surface area contributed by atoms with E-state index < -0.39 is 0 Å². The predicted molar refractivity (Wildman–Crippen MR) is 50.8 cm³/mol. The van der Waals surface area contributed by atoms with Crippen LogP contribution in [0.2, 0.25) is 0 Å². The zero-order valence-corrected chi connectivity index (χ0v) is 8.76. The number of halogens is 1. The Hall–Kier alpha value is -0.640. The molecule has 66 valence electrons. The highest BCUT2D eigenvalue weighted by Crippen LogP contribution is 2.05. The monoisotopic (exact) mass is 230 g/mol. The van der Waals surface area contributed by atoms with Gasteiger partial charge >= 0.3 is 0 Å². The molecule has 3 nitrogen and oxygen atoms in total. The van der Waals surface area contributed by atoms with E-state index in [-0.39, 0.29) is 5.78 Å². The highest BCUT2D eigenvalue weighted by molar-refractivity contribution is 9.09. The Bertz CT molecular complexity index is 293. The third-order valence-electron chi connectivity index (χ3n) is 1.61. The zero-order chi connectivity index (χ0) is 9.14. The lowest BCUT2D eigenvalue weighted by molar-refractivity contribution is 0.101. The summed E-state index contributed by atoms with van der Waals surface area (Å²) in [4.78, 5) is 11.3. The van der Waals surface area contributed by atoms with Crippen LogP contribution in [0.4, 0.5) is 0 Å². The number of carbonyl (C=O) groups is 1. The smallest absolute Gasteiger partial charge is 0.191 e. The summed E-state index contributed by atoms with van der Waals surface area (Å²) in [6, 6.07) is 1.81. The van der Waals surface area contributed by atoms with E-state index in [9.17, 15) is 4.79 Å². The number of hydrogen-bond donors (Lipinski definition) is 0. The van der Waals surface area contributed by atoms with Crippen molar-refractivity contribution in [2.45, 2.75) is 20.4 Å². The molecule has 0 fully saturated rings. The molecule has 0 aliphatic carbocycles. The van der Waals surface area contributed by atoms with Crippen LogP contribution in [0, 0.1) is 6.92 Å². The van der Waals surface area contributed by atoms with Crippen LogP contribution in [-0.4, -0.2) is 20.9 Å². The molecule has 0 spiro atoms. The second-order valence-electron chi connectivity index (χ2n) is 2.54. The number of hydrogen-bond acceptors (Lipinski definition) is 2. The van der Waals surface area contributed by atoms with Gasteiger partial charge in [0, 0.05) is 6.54 Å². The first-order chi connectivity index (χ1) is 5.69. The molecule has 0 atom stereocenters. The van der Waals surface area contributed by atoms with Gasteiger partial charge in [-0.05, 0) is 19.9 Å². The lowest BCUT2D eigenvalue weighted by atomic mass is 10.3. The van der Waals surface area contributed by atoms with Crippen molar-refractivity contribution in [1.82, 2.24) is 9.78 Å². The van der Waals surface area contributed by atoms with Gasteiger partial charge in [0.25, 0.3) is 0 Å². The molecule has 0 N–H and O–H groups in total. The number of rotatable bonds is 3. The summed E-state index contributed by atoms with van der Waals surface area (Å²) < 4.78 is 1.72.